The molecule has 5 N–H and O–H groups in total. The molecule has 0 spiro atoms. The Morgan fingerprint density at radius 3 is 2.34 bits per heavy atom. The first-order chi connectivity index (χ1) is 13.1. The number of carboxylic acids is 1. The molecule has 0 saturated carbocycles. The van der Waals surface area contributed by atoms with Gasteiger partial charge in [0.2, 0.25) is 5.91 Å². The van der Waals surface area contributed by atoms with Crippen LogP contribution in [0.2, 0.25) is 0 Å². The summed E-state index contributed by atoms with van der Waals surface area (Å²) in [5, 5.41) is 9.15. The van der Waals surface area contributed by atoms with Gasteiger partial charge in [0.1, 0.15) is 17.1 Å². The third kappa shape index (κ3) is 6.65. The monoisotopic (exact) mass is 454 g/mol. The van der Waals surface area contributed by atoms with Crippen molar-refractivity contribution in [1.82, 2.24) is 4.90 Å². The van der Waals surface area contributed by atoms with Crippen LogP contribution < -0.4 is 30.1 Å². The molecular weight excluding hydrogens is 432 g/mol. The predicted octanol–water partition coefficient (Wildman–Crippen LogP) is -5.68. The molecule has 29 heavy (non-hydrogen) atoms. The van der Waals surface area contributed by atoms with E-state index in [4.69, 9.17) is 30.1 Å². The molecule has 2 heterocycles. The molecule has 0 aromatic rings. The number of likely N-dealkylation sites (N-methyl/N-ethyl adjacent to an activating group) is 1. The van der Waals surface area contributed by atoms with Gasteiger partial charge in [-0.05, 0) is 18.6 Å². The molecule has 0 aliphatic carbocycles. The van der Waals surface area contributed by atoms with Crippen LogP contribution in [0.25, 0.3) is 0 Å². The molecule has 14 heteroatoms. The molecule has 0 aromatic heterocycles. The Balaban J connectivity index is 0.000000749. The molecule has 3 atom stereocenters. The number of carbonyl (C=O) groups excluding carboxylic acids is 2. The van der Waals surface area contributed by atoms with Gasteiger partial charge >= 0.3 is 5.97 Å². The number of β-lactam (4-membered cyclic amide) rings is 1. The van der Waals surface area contributed by atoms with Crippen molar-refractivity contribution in [2.75, 3.05) is 26.4 Å². The molecule has 0 bridgehead atoms. The van der Waals surface area contributed by atoms with Gasteiger partial charge in [-0.3, -0.25) is 14.5 Å². The van der Waals surface area contributed by atoms with Crippen LogP contribution >= 0.6 is 11.8 Å². The number of primary amides is 1. The van der Waals surface area contributed by atoms with E-state index in [9.17, 15) is 19.5 Å². The highest BCUT2D eigenvalue weighted by atomic mass is 35.7. The summed E-state index contributed by atoms with van der Waals surface area (Å²) in [7, 11) is -1.20. The number of halogens is 1. The topological polar surface area (TPSA) is 219 Å². The van der Waals surface area contributed by atoms with Crippen LogP contribution in [0.15, 0.2) is 23.4 Å². The van der Waals surface area contributed by atoms with Gasteiger partial charge in [-0.25, -0.2) is 23.4 Å². The Bertz CT molecular complexity index is 730. The Morgan fingerprint density at radius 1 is 1.38 bits per heavy atom. The molecule has 2 amide bonds. The molecule has 2 aliphatic heterocycles. The third-order valence-electron chi connectivity index (χ3n) is 4.60. The number of nitrogens with zero attached hydrogens (tertiary/aromatic N) is 2. The van der Waals surface area contributed by atoms with Crippen molar-refractivity contribution in [2.24, 2.45) is 11.5 Å². The standard InChI is InChI=1S/C15H22N4O4S.ClHO4/c1-8(12(17)20)19(2,3)6-4-5-9-7-24-14-10(16)13(21)18(14)11(9)15(22)23;2-1(3,4)5/h4-5,8,10,14H,6-7,16H2,1-3H3,(H2-,17,20,22,23);(H,2,3,4,5)/b5-4+;/t8-,10-,14+;/m1./s1. The number of carboxylic acid groups (broad SMARTS) is 1. The average Bonchev–Trinajstić information content (AvgIpc) is 2.57. The van der Waals surface area contributed by atoms with E-state index >= 15 is 0 Å². The van der Waals surface area contributed by atoms with Crippen LogP contribution in [0.5, 0.6) is 0 Å². The fourth-order valence-electron chi connectivity index (χ4n) is 2.64. The van der Waals surface area contributed by atoms with Crippen molar-refractivity contribution in [2.45, 2.75) is 24.4 Å². The van der Waals surface area contributed by atoms with E-state index in [1.165, 1.54) is 16.7 Å². The number of allylic oxidation sites excluding steroid dienone is 1. The molecular formula is C15H23ClN4O8S. The highest BCUT2D eigenvalue weighted by molar-refractivity contribution is 8.00. The predicted molar refractivity (Wildman–Crippen MR) is 90.5 cm³/mol. The maximum absolute atomic E-state index is 11.9. The number of carbonyl (C=O) groups is 3. The number of rotatable bonds is 6. The zero-order valence-corrected chi connectivity index (χ0v) is 17.5. The lowest BCUT2D eigenvalue weighted by atomic mass is 10.0. The van der Waals surface area contributed by atoms with Crippen LogP contribution in [0, 0.1) is 10.2 Å². The van der Waals surface area contributed by atoms with Gasteiger partial charge in [-0.15, -0.1) is 22.0 Å². The molecule has 2 rings (SSSR count). The van der Waals surface area contributed by atoms with Gasteiger partial charge in [0.05, 0.1) is 20.6 Å². The minimum absolute atomic E-state index is 0.00467. The van der Waals surface area contributed by atoms with Gasteiger partial charge < -0.3 is 21.1 Å². The second-order valence-corrected chi connectivity index (χ2v) is 8.80. The lowest BCUT2D eigenvalue weighted by Crippen LogP contribution is -2.68. The van der Waals surface area contributed by atoms with Gasteiger partial charge in [0.15, 0.2) is 6.04 Å². The number of quaternary nitrogens is 1. The molecule has 2 aliphatic rings. The zero-order chi connectivity index (χ0) is 22.7. The van der Waals surface area contributed by atoms with Crippen molar-refractivity contribution in [3.8, 4) is 0 Å². The summed E-state index contributed by atoms with van der Waals surface area (Å²) in [5.41, 5.74) is 11.6. The van der Waals surface area contributed by atoms with E-state index in [0.29, 0.717) is 22.4 Å². The van der Waals surface area contributed by atoms with Gasteiger partial charge in [-0.2, -0.15) is 0 Å². The molecule has 12 nitrogen and oxygen atoms in total. The maximum atomic E-state index is 11.9. The second-order valence-electron chi connectivity index (χ2n) is 6.93. The number of hydrogen-bond donors (Lipinski definition) is 3. The Kier molecular flexibility index (Phi) is 8.21. The van der Waals surface area contributed by atoms with Crippen LogP contribution in [0.1, 0.15) is 6.92 Å². The molecule has 1 fully saturated rings. The lowest BCUT2D eigenvalue weighted by Gasteiger charge is -2.47. The summed E-state index contributed by atoms with van der Waals surface area (Å²) < 4.78 is 34.3. The Labute approximate surface area is 173 Å². The van der Waals surface area contributed by atoms with Crippen LogP contribution in [-0.4, -0.2) is 76.1 Å². The van der Waals surface area contributed by atoms with E-state index in [1.807, 2.05) is 20.2 Å². The summed E-state index contributed by atoms with van der Waals surface area (Å²) in [6.07, 6.45) is 3.51. The van der Waals surface area contributed by atoms with Crippen LogP contribution in [0.3, 0.4) is 0 Å². The summed E-state index contributed by atoms with van der Waals surface area (Å²) >= 11 is 1.45. The fraction of sp³-hybridized carbons (Fsp3) is 0.533. The first kappa shape index (κ1) is 25.3. The normalized spacial score (nSPS) is 23.2. The molecule has 0 aromatic carbocycles. The van der Waals surface area contributed by atoms with Gasteiger partial charge in [-0.1, -0.05) is 6.08 Å². The van der Waals surface area contributed by atoms with Crippen molar-refractivity contribution in [3.63, 3.8) is 0 Å². The first-order valence-corrected chi connectivity index (χ1v) is 10.4. The van der Waals surface area contributed by atoms with Crippen molar-refractivity contribution in [1.29, 1.82) is 0 Å². The largest absolute Gasteiger partial charge is 0.477 e. The number of hydrogen-bond acceptors (Lipinski definition) is 9. The molecule has 164 valence electrons. The fourth-order valence-corrected chi connectivity index (χ4v) is 3.90. The van der Waals surface area contributed by atoms with E-state index < -0.39 is 28.2 Å². The van der Waals surface area contributed by atoms with Crippen molar-refractivity contribution < 1.29 is 52.9 Å². The Morgan fingerprint density at radius 2 is 1.90 bits per heavy atom. The summed E-state index contributed by atoms with van der Waals surface area (Å²) in [6, 6.07) is -1.01. The highest BCUT2D eigenvalue weighted by Gasteiger charge is 2.51. The Hall–Kier alpha value is -1.71. The minimum Gasteiger partial charge on any atom is -0.477 e. The van der Waals surface area contributed by atoms with Crippen molar-refractivity contribution >= 4 is 29.5 Å². The van der Waals surface area contributed by atoms with Gasteiger partial charge in [0, 0.05) is 5.75 Å². The summed E-state index contributed by atoms with van der Waals surface area (Å²) in [5.74, 6) is -1.43. The zero-order valence-electron chi connectivity index (χ0n) is 15.9. The van der Waals surface area contributed by atoms with E-state index in [1.54, 1.807) is 13.0 Å². The SMILES string of the molecule is C[C@H](C(N)=O)[N+](C)(C)C/C=C/C1=C(C(=O)O)N2C(=O)[C@@H](N)[C@@H]2SC1.[O-][Cl+3]([O-])([O-])[O-]. The summed E-state index contributed by atoms with van der Waals surface area (Å²) in [4.78, 5) is 36.0. The molecule has 0 radical (unpaired) electrons. The van der Waals surface area contributed by atoms with E-state index in [0.717, 1.165) is 0 Å². The quantitative estimate of drug-likeness (QED) is 0.255. The number of amides is 2. The average molecular weight is 455 g/mol. The number of thioether (sulfide) groups is 1. The minimum atomic E-state index is -4.94. The van der Waals surface area contributed by atoms with E-state index in [2.05, 4.69) is 0 Å². The third-order valence-corrected chi connectivity index (χ3v) is 5.92. The highest BCUT2D eigenvalue weighted by Crippen LogP contribution is 2.39. The van der Waals surface area contributed by atoms with Crippen LogP contribution in [0.4, 0.5) is 0 Å². The van der Waals surface area contributed by atoms with Crippen LogP contribution in [-0.2, 0) is 14.4 Å². The lowest BCUT2D eigenvalue weighted by molar-refractivity contribution is -2.00. The summed E-state index contributed by atoms with van der Waals surface area (Å²) in [6.45, 7) is 2.25. The smallest absolute Gasteiger partial charge is 0.352 e. The number of aliphatic carboxylic acids is 1. The van der Waals surface area contributed by atoms with E-state index in [-0.39, 0.29) is 23.0 Å². The second kappa shape index (κ2) is 9.40. The van der Waals surface area contributed by atoms with Crippen molar-refractivity contribution in [3.05, 3.63) is 23.4 Å². The molecule has 1 saturated heterocycles. The van der Waals surface area contributed by atoms with Gasteiger partial charge in [0.25, 0.3) is 5.91 Å². The number of nitrogens with two attached hydrogens (primary N) is 2. The maximum Gasteiger partial charge on any atom is 0.352 e. The first-order valence-electron chi connectivity index (χ1n) is 8.15. The number of fused-ring (bicyclic) bond motifs is 1. The molecule has 0 unspecified atom stereocenters.